The lowest BCUT2D eigenvalue weighted by molar-refractivity contribution is 0.00295. The Labute approximate surface area is 350 Å². The van der Waals surface area contributed by atoms with Crippen LogP contribution < -0.4 is 0 Å². The van der Waals surface area contributed by atoms with Gasteiger partial charge in [0.15, 0.2) is 0 Å². The third-order valence-corrected chi connectivity index (χ3v) is 13.8. The minimum Gasteiger partial charge on any atom is -0.507 e. The van der Waals surface area contributed by atoms with Crippen molar-refractivity contribution in [1.29, 1.82) is 0 Å². The van der Waals surface area contributed by atoms with Gasteiger partial charge in [0.05, 0.1) is 0 Å². The third-order valence-electron chi connectivity index (χ3n) is 13.8. The molecule has 0 heterocycles. The van der Waals surface area contributed by atoms with Crippen LogP contribution >= 0.6 is 0 Å². The van der Waals surface area contributed by atoms with Crippen molar-refractivity contribution in [2.75, 3.05) is 0 Å². The molecule has 0 unspecified atom stereocenters. The smallest absolute Gasteiger partial charge is 0.123 e. The van der Waals surface area contributed by atoms with Gasteiger partial charge in [0.2, 0.25) is 0 Å². The van der Waals surface area contributed by atoms with Crippen molar-refractivity contribution in [3.63, 3.8) is 0 Å². The van der Waals surface area contributed by atoms with E-state index in [4.69, 9.17) is 0 Å². The molecule has 0 saturated heterocycles. The van der Waals surface area contributed by atoms with Crippen LogP contribution in [0.4, 0.5) is 0 Å². The summed E-state index contributed by atoms with van der Waals surface area (Å²) in [5.41, 5.74) is 9.03. The minimum absolute atomic E-state index is 0.188. The van der Waals surface area contributed by atoms with E-state index < -0.39 is 0 Å². The van der Waals surface area contributed by atoms with E-state index in [1.54, 1.807) is 0 Å². The zero-order valence-electron chi connectivity index (χ0n) is 40.4. The highest BCUT2D eigenvalue weighted by Crippen LogP contribution is 2.52. The molecule has 0 spiro atoms. The molecule has 1 fully saturated rings. The Morgan fingerprint density at radius 1 is 0.316 bits per heavy atom. The Bertz CT molecular complexity index is 1560. The van der Waals surface area contributed by atoms with Gasteiger partial charge in [-0.1, -0.05) is 182 Å². The quantitative estimate of drug-likeness (QED) is 0.233. The van der Waals surface area contributed by atoms with Crippen LogP contribution in [0.5, 0.6) is 17.2 Å². The largest absolute Gasteiger partial charge is 0.507 e. The molecule has 3 aromatic rings. The summed E-state index contributed by atoms with van der Waals surface area (Å²) in [4.78, 5) is 0. The van der Waals surface area contributed by atoms with Crippen LogP contribution in [0.1, 0.15) is 195 Å². The molecular formula is C54H84O3. The first kappa shape index (κ1) is 46.7. The lowest BCUT2D eigenvalue weighted by Crippen LogP contribution is -2.46. The number of phenols is 3. The standard InChI is InChI=1S/C54H84O3/c1-31-37(22-34-25-40(49(4,5)6)46(55)41(26-34)50(7,8)9)32(2)39(24-36-29-44(53(16,17)18)48(57)45(30-36)54(19,20)21)33(3)38(31)23-35-27-42(51(10,11)12)47(56)43(28-35)52(13,14)15/h25-33,37-39,55-57H,22-24H2,1-21H3. The zero-order chi connectivity index (χ0) is 43.8. The van der Waals surface area contributed by atoms with Gasteiger partial charge < -0.3 is 15.3 Å². The van der Waals surface area contributed by atoms with Gasteiger partial charge in [0, 0.05) is 0 Å². The summed E-state index contributed by atoms with van der Waals surface area (Å²) in [6, 6.07) is 13.8. The van der Waals surface area contributed by atoms with Gasteiger partial charge in [-0.15, -0.1) is 0 Å². The Morgan fingerprint density at radius 3 is 0.579 bits per heavy atom. The maximum absolute atomic E-state index is 11.7. The predicted octanol–water partition coefficient (Wildman–Crippen LogP) is 14.4. The van der Waals surface area contributed by atoms with Gasteiger partial charge >= 0.3 is 0 Å². The number of benzene rings is 3. The van der Waals surface area contributed by atoms with Crippen molar-refractivity contribution in [2.24, 2.45) is 35.5 Å². The average Bonchev–Trinajstić information content (AvgIpc) is 3.02. The molecule has 4 rings (SSSR count). The van der Waals surface area contributed by atoms with Crippen LogP contribution in [0.3, 0.4) is 0 Å². The zero-order valence-corrected chi connectivity index (χ0v) is 40.4. The van der Waals surface area contributed by atoms with Gasteiger partial charge in [-0.05, 0) is 137 Å². The average molecular weight is 781 g/mol. The molecule has 1 saturated carbocycles. The van der Waals surface area contributed by atoms with Crippen molar-refractivity contribution >= 4 is 0 Å². The Hall–Kier alpha value is -2.94. The number of aromatic hydroxyl groups is 3. The fourth-order valence-corrected chi connectivity index (χ4v) is 10.2. The van der Waals surface area contributed by atoms with E-state index in [2.05, 4.69) is 182 Å². The molecule has 1 aliphatic rings. The molecular weight excluding hydrogens is 697 g/mol. The molecule has 0 atom stereocenters. The fourth-order valence-electron chi connectivity index (χ4n) is 10.2. The first-order chi connectivity index (χ1) is 25.5. The van der Waals surface area contributed by atoms with E-state index in [1.165, 1.54) is 16.7 Å². The molecule has 0 radical (unpaired) electrons. The van der Waals surface area contributed by atoms with Gasteiger partial charge in [-0.2, -0.15) is 0 Å². The van der Waals surface area contributed by atoms with E-state index in [1.807, 2.05) is 0 Å². The molecule has 3 N–H and O–H groups in total. The van der Waals surface area contributed by atoms with E-state index in [0.29, 0.717) is 52.8 Å². The molecule has 0 aliphatic heterocycles. The van der Waals surface area contributed by atoms with Gasteiger partial charge in [0.25, 0.3) is 0 Å². The summed E-state index contributed by atoms with van der Waals surface area (Å²) in [7, 11) is 0. The Kier molecular flexibility index (Phi) is 12.8. The highest BCUT2D eigenvalue weighted by atomic mass is 16.3. The Morgan fingerprint density at radius 2 is 0.456 bits per heavy atom. The summed E-state index contributed by atoms with van der Waals surface area (Å²) in [5.74, 6) is 3.92. The van der Waals surface area contributed by atoms with Crippen LogP contribution in [0.25, 0.3) is 0 Å². The number of hydrogen-bond donors (Lipinski definition) is 3. The van der Waals surface area contributed by atoms with Crippen LogP contribution in [0.15, 0.2) is 36.4 Å². The molecule has 0 aromatic heterocycles. The second kappa shape index (κ2) is 15.6. The molecule has 3 aromatic carbocycles. The van der Waals surface area contributed by atoms with Crippen LogP contribution in [0, 0.1) is 35.5 Å². The molecule has 318 valence electrons. The molecule has 0 bridgehead atoms. The van der Waals surface area contributed by atoms with Crippen molar-refractivity contribution in [3.05, 3.63) is 86.5 Å². The summed E-state index contributed by atoms with van der Waals surface area (Å²) in [5, 5.41) is 35.0. The van der Waals surface area contributed by atoms with Gasteiger partial charge in [-0.25, -0.2) is 0 Å². The second-order valence-corrected chi connectivity index (χ2v) is 24.8. The van der Waals surface area contributed by atoms with E-state index >= 15 is 0 Å². The summed E-state index contributed by atoms with van der Waals surface area (Å²) in [6.07, 6.45) is 2.88. The maximum Gasteiger partial charge on any atom is 0.123 e. The van der Waals surface area contributed by atoms with Gasteiger partial charge in [0.1, 0.15) is 17.2 Å². The maximum atomic E-state index is 11.7. The lowest BCUT2D eigenvalue weighted by atomic mass is 9.55. The first-order valence-electron chi connectivity index (χ1n) is 22.2. The molecule has 3 heteroatoms. The van der Waals surface area contributed by atoms with Crippen molar-refractivity contribution in [1.82, 2.24) is 0 Å². The van der Waals surface area contributed by atoms with E-state index in [0.717, 1.165) is 52.6 Å². The van der Waals surface area contributed by atoms with Crippen LogP contribution in [-0.2, 0) is 51.8 Å². The summed E-state index contributed by atoms with van der Waals surface area (Å²) in [6.45, 7) is 47.3. The molecule has 57 heavy (non-hydrogen) atoms. The van der Waals surface area contributed by atoms with Crippen molar-refractivity contribution in [2.45, 2.75) is 197 Å². The normalized spacial score (nSPS) is 22.9. The highest BCUT2D eigenvalue weighted by Gasteiger charge is 2.45. The SMILES string of the molecule is CC1C(Cc2cc(C(C)(C)C)c(O)c(C(C)(C)C)c2)C(C)C(Cc2cc(C(C)(C)C)c(O)c(C(C)(C)C)c2)C(C)C1Cc1cc(C(C)(C)C)c(O)c(C(C)(C)C)c1. The lowest BCUT2D eigenvalue weighted by Gasteiger charge is -2.50. The van der Waals surface area contributed by atoms with Gasteiger partial charge in [-0.3, -0.25) is 0 Å². The summed E-state index contributed by atoms with van der Waals surface area (Å²) >= 11 is 0. The topological polar surface area (TPSA) is 60.7 Å². The first-order valence-corrected chi connectivity index (χ1v) is 22.2. The second-order valence-electron chi connectivity index (χ2n) is 24.8. The molecule has 0 amide bonds. The highest BCUT2D eigenvalue weighted by molar-refractivity contribution is 5.52. The number of phenolic OH excluding ortho intramolecular Hbond substituents is 3. The number of rotatable bonds is 6. The van der Waals surface area contributed by atoms with E-state index in [-0.39, 0.29) is 32.5 Å². The van der Waals surface area contributed by atoms with Crippen LogP contribution in [-0.4, -0.2) is 15.3 Å². The van der Waals surface area contributed by atoms with E-state index in [9.17, 15) is 15.3 Å². The summed E-state index contributed by atoms with van der Waals surface area (Å²) < 4.78 is 0. The van der Waals surface area contributed by atoms with Crippen LogP contribution in [0.2, 0.25) is 0 Å². The van der Waals surface area contributed by atoms with Crippen molar-refractivity contribution in [3.8, 4) is 17.2 Å². The number of hydrogen-bond acceptors (Lipinski definition) is 3. The van der Waals surface area contributed by atoms with Crippen molar-refractivity contribution < 1.29 is 15.3 Å². The monoisotopic (exact) mass is 781 g/mol. The third kappa shape index (κ3) is 10.1. The molecule has 1 aliphatic carbocycles. The fraction of sp³-hybridized carbons (Fsp3) is 0.667. The molecule has 3 nitrogen and oxygen atoms in total. The predicted molar refractivity (Wildman–Crippen MR) is 246 cm³/mol. The minimum atomic E-state index is -0.188. The Balaban J connectivity index is 1.94.